The summed E-state index contributed by atoms with van der Waals surface area (Å²) in [6.45, 7) is 3.53. The number of hydrogen-bond donors (Lipinski definition) is 1. The van der Waals surface area contributed by atoms with Gasteiger partial charge in [-0.05, 0) is 74.5 Å². The topological polar surface area (TPSA) is 107 Å². The predicted octanol–water partition coefficient (Wildman–Crippen LogP) is 6.52. The van der Waals surface area contributed by atoms with Gasteiger partial charge in [-0.15, -0.1) is 0 Å². The van der Waals surface area contributed by atoms with Gasteiger partial charge in [-0.3, -0.25) is 14.1 Å². The van der Waals surface area contributed by atoms with Gasteiger partial charge in [0.15, 0.2) is 11.6 Å². The molecule has 0 bridgehead atoms. The zero-order chi connectivity index (χ0) is 27.0. The summed E-state index contributed by atoms with van der Waals surface area (Å²) < 4.78 is 37.6. The molecule has 0 saturated heterocycles. The minimum absolute atomic E-state index is 0.0276. The van der Waals surface area contributed by atoms with E-state index in [1.165, 1.54) is 12.5 Å². The molecule has 0 spiro atoms. The van der Waals surface area contributed by atoms with Crippen LogP contribution < -0.4 is 9.47 Å². The lowest BCUT2D eigenvalue weighted by Crippen LogP contribution is -2.02. The highest BCUT2D eigenvalue weighted by Crippen LogP contribution is 2.27. The van der Waals surface area contributed by atoms with Crippen molar-refractivity contribution in [3.63, 3.8) is 0 Å². The molecule has 0 aliphatic carbocycles. The summed E-state index contributed by atoms with van der Waals surface area (Å²) in [4.78, 5) is 24.1. The van der Waals surface area contributed by atoms with Gasteiger partial charge in [0, 0.05) is 16.7 Å². The summed E-state index contributed by atoms with van der Waals surface area (Å²) >= 11 is 0. The summed E-state index contributed by atoms with van der Waals surface area (Å²) in [6, 6.07) is 28.9. The lowest BCUT2D eigenvalue weighted by Gasteiger charge is -2.09. The van der Waals surface area contributed by atoms with Crippen molar-refractivity contribution in [1.29, 1.82) is 0 Å². The predicted molar refractivity (Wildman–Crippen MR) is 142 cm³/mol. The van der Waals surface area contributed by atoms with Gasteiger partial charge in [0.2, 0.25) is 0 Å². The highest BCUT2D eigenvalue weighted by molar-refractivity contribution is 7.85. The number of benzene rings is 4. The van der Waals surface area contributed by atoms with Gasteiger partial charge >= 0.3 is 0 Å². The Morgan fingerprint density at radius 3 is 1.22 bits per heavy atom. The molecule has 8 heteroatoms. The molecule has 0 fully saturated rings. The summed E-state index contributed by atoms with van der Waals surface area (Å²) in [6.07, 6.45) is 0.715. The molecule has 0 radical (unpaired) electrons. The van der Waals surface area contributed by atoms with Crippen LogP contribution in [-0.2, 0) is 10.1 Å². The van der Waals surface area contributed by atoms with Crippen LogP contribution in [0.1, 0.15) is 38.8 Å². The molecule has 0 unspecified atom stereocenters. The van der Waals surface area contributed by atoms with Crippen molar-refractivity contribution in [2.75, 3.05) is 6.26 Å². The molecule has 4 aromatic rings. The van der Waals surface area contributed by atoms with Gasteiger partial charge in [0.1, 0.15) is 23.0 Å². The highest BCUT2D eigenvalue weighted by atomic mass is 32.2. The van der Waals surface area contributed by atoms with Crippen LogP contribution in [0.5, 0.6) is 23.0 Å². The second-order valence-corrected chi connectivity index (χ2v) is 9.67. The second-order valence-electron chi connectivity index (χ2n) is 8.21. The van der Waals surface area contributed by atoms with E-state index in [4.69, 9.17) is 14.0 Å². The summed E-state index contributed by atoms with van der Waals surface area (Å²) in [5.74, 6) is 2.66. The Labute approximate surface area is 216 Å². The Bertz CT molecular complexity index is 1450. The molecule has 0 heterocycles. The van der Waals surface area contributed by atoms with Crippen molar-refractivity contribution in [3.05, 3.63) is 119 Å². The summed E-state index contributed by atoms with van der Waals surface area (Å²) in [7, 11) is -3.67. The monoisotopic (exact) mass is 518 g/mol. The molecular formula is C29H26O7S. The number of rotatable bonds is 7. The van der Waals surface area contributed by atoms with Gasteiger partial charge in [-0.25, -0.2) is 0 Å². The molecule has 1 N–H and O–H groups in total. The molecule has 37 heavy (non-hydrogen) atoms. The molecule has 0 amide bonds. The van der Waals surface area contributed by atoms with E-state index in [0.29, 0.717) is 34.4 Å². The minimum atomic E-state index is -3.67. The van der Waals surface area contributed by atoms with Crippen molar-refractivity contribution in [2.45, 2.75) is 13.8 Å². The van der Waals surface area contributed by atoms with Crippen LogP contribution in [0, 0.1) is 6.92 Å². The molecule has 4 aromatic carbocycles. The van der Waals surface area contributed by atoms with Crippen molar-refractivity contribution in [1.82, 2.24) is 0 Å². The standard InChI is InChI=1S/C28H22O4.CH4O3S/c1-19-3-11-24(12-4-19)31-26-15-17-27(18-16-26)32-25-13-9-23(10-14-25)28(30)22-7-5-21(6-8-22)20(2)29;1-5(2,3)4/h3-18H,1-2H3;1H3,(H,2,3,4). The Kier molecular flexibility index (Phi) is 8.95. The number of hydrogen-bond acceptors (Lipinski definition) is 6. The van der Waals surface area contributed by atoms with Crippen molar-refractivity contribution < 1.29 is 32.0 Å². The molecule has 7 nitrogen and oxygen atoms in total. The first-order valence-electron chi connectivity index (χ1n) is 11.2. The van der Waals surface area contributed by atoms with Gasteiger partial charge in [0.05, 0.1) is 6.26 Å². The van der Waals surface area contributed by atoms with E-state index in [0.717, 1.165) is 11.5 Å². The van der Waals surface area contributed by atoms with Gasteiger partial charge in [0.25, 0.3) is 10.1 Å². The van der Waals surface area contributed by atoms with Crippen LogP contribution in [0.25, 0.3) is 0 Å². The van der Waals surface area contributed by atoms with E-state index in [-0.39, 0.29) is 11.6 Å². The smallest absolute Gasteiger partial charge is 0.261 e. The fourth-order valence-corrected chi connectivity index (χ4v) is 3.15. The average Bonchev–Trinajstić information content (AvgIpc) is 2.86. The van der Waals surface area contributed by atoms with Gasteiger partial charge in [-0.2, -0.15) is 8.42 Å². The third-order valence-corrected chi connectivity index (χ3v) is 4.99. The number of Topliss-reactive ketones (excluding diaryl/α,β-unsaturated/α-hetero) is 1. The van der Waals surface area contributed by atoms with Crippen LogP contribution in [0.3, 0.4) is 0 Å². The fourth-order valence-electron chi connectivity index (χ4n) is 3.15. The van der Waals surface area contributed by atoms with E-state index in [9.17, 15) is 18.0 Å². The van der Waals surface area contributed by atoms with E-state index in [1.54, 1.807) is 48.5 Å². The average molecular weight is 519 g/mol. The van der Waals surface area contributed by atoms with Gasteiger partial charge in [-0.1, -0.05) is 42.0 Å². The number of aryl methyl sites for hydroxylation is 1. The molecule has 190 valence electrons. The van der Waals surface area contributed by atoms with Crippen LogP contribution in [0.2, 0.25) is 0 Å². The normalized spacial score (nSPS) is 10.6. The maximum atomic E-state index is 12.7. The fraction of sp³-hybridized carbons (Fsp3) is 0.103. The third kappa shape index (κ3) is 9.03. The van der Waals surface area contributed by atoms with Crippen molar-refractivity contribution in [2.24, 2.45) is 0 Å². The van der Waals surface area contributed by atoms with Crippen LogP contribution in [-0.4, -0.2) is 30.8 Å². The first-order valence-corrected chi connectivity index (χ1v) is 13.0. The van der Waals surface area contributed by atoms with Crippen molar-refractivity contribution >= 4 is 21.7 Å². The minimum Gasteiger partial charge on any atom is -0.457 e. The largest absolute Gasteiger partial charge is 0.457 e. The number of carbonyl (C=O) groups excluding carboxylic acids is 2. The maximum absolute atomic E-state index is 12.7. The maximum Gasteiger partial charge on any atom is 0.261 e. The molecule has 0 aromatic heterocycles. The first-order chi connectivity index (χ1) is 17.5. The second kappa shape index (κ2) is 12.1. The number of ether oxygens (including phenoxy) is 2. The molecule has 4 rings (SSSR count). The van der Waals surface area contributed by atoms with Crippen LogP contribution in [0.15, 0.2) is 97.1 Å². The molecule has 0 aliphatic heterocycles. The zero-order valence-electron chi connectivity index (χ0n) is 20.5. The molecular weight excluding hydrogens is 492 g/mol. The SMILES string of the molecule is CC(=O)c1ccc(C(=O)c2ccc(Oc3ccc(Oc4ccc(C)cc4)cc3)cc2)cc1.CS(=O)(=O)O. The summed E-state index contributed by atoms with van der Waals surface area (Å²) in [5, 5.41) is 0. The summed E-state index contributed by atoms with van der Waals surface area (Å²) in [5.41, 5.74) is 2.85. The van der Waals surface area contributed by atoms with E-state index < -0.39 is 10.1 Å². The van der Waals surface area contributed by atoms with E-state index in [2.05, 4.69) is 0 Å². The number of ketones is 2. The Morgan fingerprint density at radius 2 is 0.865 bits per heavy atom. The van der Waals surface area contributed by atoms with Crippen LogP contribution >= 0.6 is 0 Å². The Morgan fingerprint density at radius 1 is 0.595 bits per heavy atom. The lowest BCUT2D eigenvalue weighted by atomic mass is 10.0. The third-order valence-electron chi connectivity index (χ3n) is 4.99. The Hall–Kier alpha value is -4.27. The molecule has 0 atom stereocenters. The van der Waals surface area contributed by atoms with Gasteiger partial charge < -0.3 is 9.47 Å². The quantitative estimate of drug-likeness (QED) is 0.219. The first kappa shape index (κ1) is 27.3. The zero-order valence-corrected chi connectivity index (χ0v) is 21.4. The number of carbonyl (C=O) groups is 2. The van der Waals surface area contributed by atoms with Crippen molar-refractivity contribution in [3.8, 4) is 23.0 Å². The molecule has 0 saturated carbocycles. The van der Waals surface area contributed by atoms with Crippen LogP contribution in [0.4, 0.5) is 0 Å². The molecule has 0 aliphatic rings. The van der Waals surface area contributed by atoms with E-state index in [1.807, 2.05) is 55.5 Å². The Balaban J connectivity index is 0.000000695. The highest BCUT2D eigenvalue weighted by Gasteiger charge is 2.10. The lowest BCUT2D eigenvalue weighted by molar-refractivity contribution is 0.101. The van der Waals surface area contributed by atoms with E-state index >= 15 is 0 Å².